The normalized spacial score (nSPS) is 22.6. The van der Waals surface area contributed by atoms with Gasteiger partial charge in [-0.25, -0.2) is 4.98 Å². The molecule has 3 aromatic rings. The lowest BCUT2D eigenvalue weighted by Crippen LogP contribution is -2.41. The fraction of sp³-hybridized carbons (Fsp3) is 0.600. The topological polar surface area (TPSA) is 123 Å². The van der Waals surface area contributed by atoms with Gasteiger partial charge in [-0.15, -0.1) is 24.8 Å². The number of anilines is 2. The van der Waals surface area contributed by atoms with Gasteiger partial charge in [-0.05, 0) is 69.1 Å². The minimum atomic E-state index is -0.275. The van der Waals surface area contributed by atoms with Gasteiger partial charge in [-0.1, -0.05) is 25.0 Å². The molecule has 3 heterocycles. The molecule has 42 heavy (non-hydrogen) atoms. The minimum Gasteiger partial charge on any atom is -0.497 e. The molecule has 0 radical (unpaired) electrons. The van der Waals surface area contributed by atoms with Crippen LogP contribution in [-0.4, -0.2) is 69.0 Å². The first kappa shape index (κ1) is 32.3. The number of carbonyl (C=O) groups excluding carboxylic acids is 1. The van der Waals surface area contributed by atoms with Crippen LogP contribution in [0.3, 0.4) is 0 Å². The first-order valence-electron chi connectivity index (χ1n) is 15.0. The molecule has 0 bridgehead atoms. The van der Waals surface area contributed by atoms with Crippen LogP contribution in [0, 0.1) is 0 Å². The maximum Gasteiger partial charge on any atom is 0.227 e. The highest BCUT2D eigenvalue weighted by molar-refractivity contribution is 5.86. The fourth-order valence-electron chi connectivity index (χ4n) is 6.69. The van der Waals surface area contributed by atoms with Gasteiger partial charge in [0.15, 0.2) is 17.0 Å². The third-order valence-electron chi connectivity index (χ3n) is 9.07. The third-order valence-corrected chi connectivity index (χ3v) is 9.07. The molecular weight excluding hydrogens is 575 g/mol. The average molecular weight is 620 g/mol. The van der Waals surface area contributed by atoms with Crippen LogP contribution >= 0.6 is 24.8 Å². The van der Waals surface area contributed by atoms with E-state index in [0.29, 0.717) is 24.1 Å². The monoisotopic (exact) mass is 618 g/mol. The Morgan fingerprint density at radius 1 is 0.976 bits per heavy atom. The van der Waals surface area contributed by atoms with Crippen molar-refractivity contribution in [2.75, 3.05) is 30.8 Å². The number of nitrogens with zero attached hydrogens (tertiary/aromatic N) is 5. The number of halogens is 2. The van der Waals surface area contributed by atoms with E-state index in [9.17, 15) is 4.79 Å². The maximum atomic E-state index is 12.1. The van der Waals surface area contributed by atoms with Crippen LogP contribution in [0.15, 0.2) is 30.6 Å². The minimum absolute atomic E-state index is 0. The van der Waals surface area contributed by atoms with Crippen molar-refractivity contribution in [1.82, 2.24) is 24.4 Å². The standard InChI is InChI=1S/C30H42N8O2.2ClH/c1-40-25-8-4-5-20(17-25)26(18-39)37-15-13-23(14-16-37)33-28-27-29(38(19-32-27)24-6-2-3-7-24)36-30(35-28)34-22-11-9-21(31)10-12-22;;/h4-5,8,17-19,21-24,26H,2-3,6-7,9-16,31H2,1H3,(H2,33,34,35,36);2*1H. The number of piperidine rings is 1. The van der Waals surface area contributed by atoms with Gasteiger partial charge < -0.3 is 30.5 Å². The van der Waals surface area contributed by atoms with Crippen molar-refractivity contribution < 1.29 is 9.53 Å². The van der Waals surface area contributed by atoms with Gasteiger partial charge in [0.05, 0.1) is 19.5 Å². The Hall–Kier alpha value is -2.66. The number of carbonyl (C=O) groups is 1. The number of imidazole rings is 1. The quantitative estimate of drug-likeness (QED) is 0.274. The Morgan fingerprint density at radius 3 is 2.38 bits per heavy atom. The molecule has 1 aromatic carbocycles. The SMILES string of the molecule is COc1cccc(C(C=O)N2CCC(Nc3nc(NC4CCC(N)CC4)nc4c3ncn4C3CCCC3)CC2)c1.Cl.Cl. The smallest absolute Gasteiger partial charge is 0.227 e. The molecule has 10 nitrogen and oxygen atoms in total. The van der Waals surface area contributed by atoms with Crippen LogP contribution in [0.1, 0.15) is 81.9 Å². The Morgan fingerprint density at radius 2 is 1.69 bits per heavy atom. The number of hydrogen-bond donors (Lipinski definition) is 3. The van der Waals surface area contributed by atoms with Gasteiger partial charge in [-0.3, -0.25) is 4.90 Å². The van der Waals surface area contributed by atoms with E-state index in [0.717, 1.165) is 86.2 Å². The van der Waals surface area contributed by atoms with Crippen molar-refractivity contribution in [1.29, 1.82) is 0 Å². The van der Waals surface area contributed by atoms with E-state index in [2.05, 4.69) is 20.1 Å². The van der Waals surface area contributed by atoms with Gasteiger partial charge in [0.25, 0.3) is 0 Å². The molecule has 2 aromatic heterocycles. The van der Waals surface area contributed by atoms with Crippen LogP contribution in [0.4, 0.5) is 11.8 Å². The van der Waals surface area contributed by atoms with E-state index >= 15 is 0 Å². The van der Waals surface area contributed by atoms with Crippen molar-refractivity contribution >= 4 is 54.0 Å². The van der Waals surface area contributed by atoms with Crippen LogP contribution < -0.4 is 21.1 Å². The highest BCUT2D eigenvalue weighted by Gasteiger charge is 2.28. The van der Waals surface area contributed by atoms with Crippen molar-refractivity contribution in [3.63, 3.8) is 0 Å². The Labute approximate surface area is 260 Å². The predicted octanol–water partition coefficient (Wildman–Crippen LogP) is 5.29. The molecule has 3 aliphatic rings. The summed E-state index contributed by atoms with van der Waals surface area (Å²) in [6, 6.07) is 8.86. The summed E-state index contributed by atoms with van der Waals surface area (Å²) in [6.07, 6.45) is 13.8. The predicted molar refractivity (Wildman–Crippen MR) is 171 cm³/mol. The molecule has 3 fully saturated rings. The van der Waals surface area contributed by atoms with E-state index in [4.69, 9.17) is 25.4 Å². The Bertz CT molecular complexity index is 1300. The lowest BCUT2D eigenvalue weighted by Gasteiger charge is -2.36. The largest absolute Gasteiger partial charge is 0.497 e. The number of nitrogens with one attached hydrogen (secondary N) is 2. The summed E-state index contributed by atoms with van der Waals surface area (Å²) in [4.78, 5) is 29.1. The number of nitrogens with two attached hydrogens (primary N) is 1. The van der Waals surface area contributed by atoms with E-state index in [-0.39, 0.29) is 36.9 Å². The molecule has 2 saturated carbocycles. The van der Waals surface area contributed by atoms with Crippen molar-refractivity contribution in [3.8, 4) is 5.75 Å². The lowest BCUT2D eigenvalue weighted by atomic mass is 9.92. The van der Waals surface area contributed by atoms with Crippen LogP contribution in [0.5, 0.6) is 5.75 Å². The summed E-state index contributed by atoms with van der Waals surface area (Å²) in [5.74, 6) is 2.24. The number of rotatable bonds is 9. The molecule has 0 spiro atoms. The number of ether oxygens (including phenoxy) is 1. The van der Waals surface area contributed by atoms with E-state index in [1.807, 2.05) is 30.6 Å². The molecule has 4 N–H and O–H groups in total. The second-order valence-corrected chi connectivity index (χ2v) is 11.7. The van der Waals surface area contributed by atoms with Gasteiger partial charge in [0, 0.05) is 37.3 Å². The van der Waals surface area contributed by atoms with Crippen LogP contribution in [-0.2, 0) is 4.79 Å². The summed E-state index contributed by atoms with van der Waals surface area (Å²) in [6.45, 7) is 1.63. The summed E-state index contributed by atoms with van der Waals surface area (Å²) in [5.41, 5.74) is 8.86. The molecule has 230 valence electrons. The van der Waals surface area contributed by atoms with Gasteiger partial charge in [0.2, 0.25) is 5.95 Å². The van der Waals surface area contributed by atoms with Gasteiger partial charge >= 0.3 is 0 Å². The number of likely N-dealkylation sites (tertiary alicyclic amines) is 1. The molecule has 12 heteroatoms. The highest BCUT2D eigenvalue weighted by atomic mass is 35.5. The summed E-state index contributed by atoms with van der Waals surface area (Å²) in [7, 11) is 1.65. The van der Waals surface area contributed by atoms with E-state index in [1.165, 1.54) is 25.7 Å². The zero-order valence-corrected chi connectivity index (χ0v) is 25.9. The Balaban J connectivity index is 0.00000202. The molecule has 0 amide bonds. The summed E-state index contributed by atoms with van der Waals surface area (Å²) in [5, 5.41) is 7.35. The second-order valence-electron chi connectivity index (χ2n) is 11.7. The first-order valence-corrected chi connectivity index (χ1v) is 15.0. The zero-order chi connectivity index (χ0) is 27.5. The van der Waals surface area contributed by atoms with Gasteiger partial charge in [0.1, 0.15) is 12.0 Å². The molecule has 1 aliphatic heterocycles. The Kier molecular flexibility index (Phi) is 11.3. The molecule has 6 rings (SSSR count). The number of aromatic nitrogens is 4. The van der Waals surface area contributed by atoms with E-state index < -0.39 is 0 Å². The zero-order valence-electron chi connectivity index (χ0n) is 24.3. The first-order chi connectivity index (χ1) is 19.6. The number of methoxy groups -OCH3 is 1. The summed E-state index contributed by atoms with van der Waals surface area (Å²) < 4.78 is 7.64. The fourth-order valence-corrected chi connectivity index (χ4v) is 6.69. The van der Waals surface area contributed by atoms with Crippen molar-refractivity contribution in [2.24, 2.45) is 5.73 Å². The van der Waals surface area contributed by atoms with Gasteiger partial charge in [-0.2, -0.15) is 9.97 Å². The van der Waals surface area contributed by atoms with Crippen molar-refractivity contribution in [2.45, 2.75) is 94.4 Å². The number of hydrogen-bond acceptors (Lipinski definition) is 9. The molecule has 2 aliphatic carbocycles. The maximum absolute atomic E-state index is 12.1. The molecular formula is C30H44Cl2N8O2. The number of fused-ring (bicyclic) bond motifs is 1. The number of benzene rings is 1. The van der Waals surface area contributed by atoms with Crippen molar-refractivity contribution in [3.05, 3.63) is 36.2 Å². The van der Waals surface area contributed by atoms with Crippen LogP contribution in [0.25, 0.3) is 11.2 Å². The molecule has 1 atom stereocenters. The molecule has 1 unspecified atom stereocenters. The summed E-state index contributed by atoms with van der Waals surface area (Å²) >= 11 is 0. The second kappa shape index (κ2) is 14.7. The van der Waals surface area contributed by atoms with Crippen LogP contribution in [0.2, 0.25) is 0 Å². The average Bonchev–Trinajstić information content (AvgIpc) is 3.66. The third kappa shape index (κ3) is 7.10. The molecule has 1 saturated heterocycles. The highest BCUT2D eigenvalue weighted by Crippen LogP contribution is 2.34. The number of aldehydes is 1. The lowest BCUT2D eigenvalue weighted by molar-refractivity contribution is -0.113. The van der Waals surface area contributed by atoms with E-state index in [1.54, 1.807) is 7.11 Å².